The molecule has 6 heteroatoms. The Kier molecular flexibility index (Phi) is 6.06. The third-order valence-corrected chi connectivity index (χ3v) is 4.81. The predicted octanol–water partition coefficient (Wildman–Crippen LogP) is 2.05. The third kappa shape index (κ3) is 4.45. The van der Waals surface area contributed by atoms with E-state index in [1.807, 2.05) is 42.5 Å². The van der Waals surface area contributed by atoms with Gasteiger partial charge in [-0.25, -0.2) is 0 Å². The molecule has 27 heavy (non-hydrogen) atoms. The fraction of sp³-hybridized carbons (Fsp3) is 0.381. The Morgan fingerprint density at radius 3 is 2.74 bits per heavy atom. The van der Waals surface area contributed by atoms with Gasteiger partial charge in [-0.3, -0.25) is 14.4 Å². The number of nitrogens with one attached hydrogen (secondary N) is 1. The Bertz CT molecular complexity index is 844. The molecule has 0 radical (unpaired) electrons. The zero-order chi connectivity index (χ0) is 19.2. The lowest BCUT2D eigenvalue weighted by atomic mass is 10.0. The van der Waals surface area contributed by atoms with Gasteiger partial charge in [0.15, 0.2) is 0 Å². The second-order valence-corrected chi connectivity index (χ2v) is 6.58. The molecule has 0 unspecified atom stereocenters. The summed E-state index contributed by atoms with van der Waals surface area (Å²) in [6.45, 7) is 2.37. The quantitative estimate of drug-likeness (QED) is 0.792. The Morgan fingerprint density at radius 2 is 1.93 bits per heavy atom. The van der Waals surface area contributed by atoms with E-state index in [2.05, 4.69) is 5.32 Å². The van der Waals surface area contributed by atoms with Crippen molar-refractivity contribution in [1.82, 2.24) is 10.2 Å². The van der Waals surface area contributed by atoms with Gasteiger partial charge in [0.1, 0.15) is 12.6 Å². The molecular formula is C21H24N2O4. The predicted molar refractivity (Wildman–Crippen MR) is 102 cm³/mol. The molecule has 142 valence electrons. The Balaban J connectivity index is 1.66. The molecule has 2 aromatic rings. The van der Waals surface area contributed by atoms with Crippen LogP contribution in [0, 0.1) is 0 Å². The average molecular weight is 368 g/mol. The molecule has 3 rings (SSSR count). The molecule has 2 amide bonds. The van der Waals surface area contributed by atoms with Crippen molar-refractivity contribution in [3.63, 3.8) is 0 Å². The van der Waals surface area contributed by atoms with E-state index >= 15 is 0 Å². The maximum absolute atomic E-state index is 12.9. The van der Waals surface area contributed by atoms with Gasteiger partial charge in [-0.1, -0.05) is 42.5 Å². The van der Waals surface area contributed by atoms with Crippen LogP contribution in [0.4, 0.5) is 0 Å². The largest absolute Gasteiger partial charge is 0.465 e. The van der Waals surface area contributed by atoms with Gasteiger partial charge in [0.05, 0.1) is 13.0 Å². The van der Waals surface area contributed by atoms with Gasteiger partial charge in [-0.05, 0) is 36.1 Å². The van der Waals surface area contributed by atoms with Crippen molar-refractivity contribution in [2.45, 2.75) is 32.2 Å². The van der Waals surface area contributed by atoms with Crippen LogP contribution in [0.25, 0.3) is 10.8 Å². The van der Waals surface area contributed by atoms with Crippen LogP contribution in [0.1, 0.15) is 25.3 Å². The number of hydrogen-bond acceptors (Lipinski definition) is 4. The SMILES string of the molecule is CCOC(=O)CNC(=O)[C@@H]1CCCN1C(=O)Cc1cccc2ccccc12. The number of fused-ring (bicyclic) bond motifs is 1. The molecule has 1 aliphatic heterocycles. The number of amides is 2. The summed E-state index contributed by atoms with van der Waals surface area (Å²) < 4.78 is 4.81. The van der Waals surface area contributed by atoms with Gasteiger partial charge in [0, 0.05) is 6.54 Å². The lowest BCUT2D eigenvalue weighted by Gasteiger charge is -2.24. The summed E-state index contributed by atoms with van der Waals surface area (Å²) in [6, 6.07) is 13.3. The molecule has 1 heterocycles. The van der Waals surface area contributed by atoms with Crippen molar-refractivity contribution >= 4 is 28.6 Å². The molecule has 1 saturated heterocycles. The summed E-state index contributed by atoms with van der Waals surface area (Å²) in [4.78, 5) is 38.3. The number of esters is 1. The van der Waals surface area contributed by atoms with Crippen LogP contribution in [-0.4, -0.2) is 48.4 Å². The van der Waals surface area contributed by atoms with E-state index in [1.54, 1.807) is 11.8 Å². The Morgan fingerprint density at radius 1 is 1.15 bits per heavy atom. The first-order valence-electron chi connectivity index (χ1n) is 9.29. The topological polar surface area (TPSA) is 75.7 Å². The molecule has 0 saturated carbocycles. The molecule has 0 spiro atoms. The van der Waals surface area contributed by atoms with Crippen molar-refractivity contribution in [2.24, 2.45) is 0 Å². The standard InChI is InChI=1S/C21H24N2O4/c1-2-27-20(25)14-22-21(26)18-11-6-12-23(18)19(24)13-16-9-5-8-15-7-3-4-10-17(15)16/h3-5,7-10,18H,2,6,11-14H2,1H3,(H,22,26)/t18-/m0/s1. The fourth-order valence-corrected chi connectivity index (χ4v) is 3.54. The molecule has 0 aliphatic carbocycles. The number of hydrogen-bond donors (Lipinski definition) is 1. The summed E-state index contributed by atoms with van der Waals surface area (Å²) in [7, 11) is 0. The van der Waals surface area contributed by atoms with Crippen molar-refractivity contribution < 1.29 is 19.1 Å². The van der Waals surface area contributed by atoms with E-state index in [0.29, 0.717) is 13.0 Å². The van der Waals surface area contributed by atoms with Gasteiger partial charge in [-0.15, -0.1) is 0 Å². The lowest BCUT2D eigenvalue weighted by Crippen LogP contribution is -2.47. The van der Waals surface area contributed by atoms with Gasteiger partial charge in [-0.2, -0.15) is 0 Å². The minimum absolute atomic E-state index is 0.0693. The van der Waals surface area contributed by atoms with Crippen LogP contribution in [-0.2, 0) is 25.5 Å². The number of likely N-dealkylation sites (tertiary alicyclic amines) is 1. The van der Waals surface area contributed by atoms with E-state index in [-0.39, 0.29) is 31.4 Å². The van der Waals surface area contributed by atoms with Gasteiger partial charge >= 0.3 is 5.97 Å². The van der Waals surface area contributed by atoms with E-state index in [4.69, 9.17) is 4.74 Å². The van der Waals surface area contributed by atoms with E-state index in [0.717, 1.165) is 22.8 Å². The minimum atomic E-state index is -0.526. The summed E-state index contributed by atoms with van der Waals surface area (Å²) in [5.41, 5.74) is 0.954. The molecule has 0 bridgehead atoms. The number of rotatable bonds is 6. The number of ether oxygens (including phenoxy) is 1. The van der Waals surface area contributed by atoms with E-state index in [1.165, 1.54) is 0 Å². The van der Waals surface area contributed by atoms with Gasteiger partial charge in [0.25, 0.3) is 0 Å². The molecule has 6 nitrogen and oxygen atoms in total. The number of benzene rings is 2. The zero-order valence-corrected chi connectivity index (χ0v) is 15.4. The highest BCUT2D eigenvalue weighted by Crippen LogP contribution is 2.22. The Hall–Kier alpha value is -2.89. The summed E-state index contributed by atoms with van der Waals surface area (Å²) in [5.74, 6) is -0.843. The number of nitrogens with zero attached hydrogens (tertiary/aromatic N) is 1. The van der Waals surface area contributed by atoms with Crippen LogP contribution >= 0.6 is 0 Å². The number of carbonyl (C=O) groups excluding carboxylic acids is 3. The maximum Gasteiger partial charge on any atom is 0.325 e. The van der Waals surface area contributed by atoms with Crippen LogP contribution in [0.15, 0.2) is 42.5 Å². The second-order valence-electron chi connectivity index (χ2n) is 6.58. The zero-order valence-electron chi connectivity index (χ0n) is 15.4. The molecule has 1 N–H and O–H groups in total. The fourth-order valence-electron chi connectivity index (χ4n) is 3.54. The lowest BCUT2D eigenvalue weighted by molar-refractivity contribution is -0.144. The molecule has 1 atom stereocenters. The molecule has 1 aliphatic rings. The van der Waals surface area contributed by atoms with Crippen molar-refractivity contribution in [2.75, 3.05) is 19.7 Å². The highest BCUT2D eigenvalue weighted by molar-refractivity contribution is 5.93. The minimum Gasteiger partial charge on any atom is -0.465 e. The molecule has 2 aromatic carbocycles. The van der Waals surface area contributed by atoms with Crippen LogP contribution in [0.3, 0.4) is 0 Å². The molecular weight excluding hydrogens is 344 g/mol. The van der Waals surface area contributed by atoms with Crippen LogP contribution in [0.2, 0.25) is 0 Å². The van der Waals surface area contributed by atoms with Crippen molar-refractivity contribution in [3.05, 3.63) is 48.0 Å². The third-order valence-electron chi connectivity index (χ3n) is 4.81. The van der Waals surface area contributed by atoms with Gasteiger partial charge in [0.2, 0.25) is 11.8 Å². The van der Waals surface area contributed by atoms with E-state index < -0.39 is 12.0 Å². The van der Waals surface area contributed by atoms with Crippen LogP contribution in [0.5, 0.6) is 0 Å². The highest BCUT2D eigenvalue weighted by atomic mass is 16.5. The van der Waals surface area contributed by atoms with Crippen molar-refractivity contribution in [3.8, 4) is 0 Å². The van der Waals surface area contributed by atoms with Crippen LogP contribution < -0.4 is 5.32 Å². The Labute approximate surface area is 158 Å². The maximum atomic E-state index is 12.9. The molecule has 1 fully saturated rings. The first kappa shape index (κ1) is 18.9. The van der Waals surface area contributed by atoms with E-state index in [9.17, 15) is 14.4 Å². The monoisotopic (exact) mass is 368 g/mol. The van der Waals surface area contributed by atoms with Gasteiger partial charge < -0.3 is 15.0 Å². The highest BCUT2D eigenvalue weighted by Gasteiger charge is 2.34. The second kappa shape index (κ2) is 8.66. The summed E-state index contributed by atoms with van der Waals surface area (Å²) in [5, 5.41) is 4.72. The normalized spacial score (nSPS) is 16.3. The average Bonchev–Trinajstić information content (AvgIpc) is 3.17. The first-order chi connectivity index (χ1) is 13.1. The summed E-state index contributed by atoms with van der Waals surface area (Å²) in [6.07, 6.45) is 1.64. The first-order valence-corrected chi connectivity index (χ1v) is 9.29. The molecule has 0 aromatic heterocycles. The van der Waals surface area contributed by atoms with Crippen molar-refractivity contribution in [1.29, 1.82) is 0 Å². The smallest absolute Gasteiger partial charge is 0.325 e. The number of carbonyl (C=O) groups is 3. The summed E-state index contributed by atoms with van der Waals surface area (Å²) >= 11 is 0.